The molecule has 1 aliphatic heterocycles. The zero-order valence-corrected chi connectivity index (χ0v) is 10.8. The third-order valence-electron chi connectivity index (χ3n) is 2.87. The van der Waals surface area contributed by atoms with Crippen molar-refractivity contribution in [2.24, 2.45) is 5.92 Å². The second-order valence-corrected chi connectivity index (χ2v) is 5.08. The molecule has 1 aliphatic rings. The van der Waals surface area contributed by atoms with Crippen LogP contribution in [0.25, 0.3) is 0 Å². The SMILES string of the molecule is CNC1COCC1C(=O)NCc1nc(C)cs1. The van der Waals surface area contributed by atoms with Gasteiger partial charge >= 0.3 is 0 Å². The van der Waals surface area contributed by atoms with Gasteiger partial charge in [-0.1, -0.05) is 0 Å². The second kappa shape index (κ2) is 5.57. The van der Waals surface area contributed by atoms with E-state index in [1.165, 1.54) is 0 Å². The summed E-state index contributed by atoms with van der Waals surface area (Å²) in [5.41, 5.74) is 0.997. The fourth-order valence-corrected chi connectivity index (χ4v) is 2.59. The van der Waals surface area contributed by atoms with Gasteiger partial charge in [0.25, 0.3) is 0 Å². The highest BCUT2D eigenvalue weighted by Crippen LogP contribution is 2.14. The minimum absolute atomic E-state index is 0.0368. The topological polar surface area (TPSA) is 63.2 Å². The fourth-order valence-electron chi connectivity index (χ4n) is 1.87. The molecule has 1 aromatic heterocycles. The third kappa shape index (κ3) is 3.02. The molecule has 1 aromatic rings. The Bertz CT molecular complexity index is 394. The second-order valence-electron chi connectivity index (χ2n) is 4.14. The number of thiazole rings is 1. The van der Waals surface area contributed by atoms with Crippen LogP contribution in [0.3, 0.4) is 0 Å². The van der Waals surface area contributed by atoms with Crippen LogP contribution in [0.2, 0.25) is 0 Å². The van der Waals surface area contributed by atoms with Crippen molar-refractivity contribution in [3.63, 3.8) is 0 Å². The molecule has 1 amide bonds. The molecule has 94 valence electrons. The molecule has 2 unspecified atom stereocenters. The average Bonchev–Trinajstić information content (AvgIpc) is 2.94. The summed E-state index contributed by atoms with van der Waals surface area (Å²) < 4.78 is 5.30. The molecule has 1 saturated heterocycles. The van der Waals surface area contributed by atoms with Gasteiger partial charge in [0.05, 0.1) is 25.7 Å². The number of amides is 1. The van der Waals surface area contributed by atoms with Gasteiger partial charge in [0.15, 0.2) is 0 Å². The van der Waals surface area contributed by atoms with E-state index in [4.69, 9.17) is 4.74 Å². The highest BCUT2D eigenvalue weighted by molar-refractivity contribution is 7.09. The molecule has 0 bridgehead atoms. The standard InChI is InChI=1S/C11H17N3O2S/c1-7-6-17-10(14-7)3-13-11(15)8-4-16-5-9(8)12-2/h6,8-9,12H,3-5H2,1-2H3,(H,13,15). The van der Waals surface area contributed by atoms with Crippen LogP contribution in [0.4, 0.5) is 0 Å². The lowest BCUT2D eigenvalue weighted by Crippen LogP contribution is -2.42. The number of aromatic nitrogens is 1. The fraction of sp³-hybridized carbons (Fsp3) is 0.636. The Morgan fingerprint density at radius 2 is 2.47 bits per heavy atom. The molecule has 1 fully saturated rings. The van der Waals surface area contributed by atoms with Gasteiger partial charge in [0.1, 0.15) is 5.01 Å². The Labute approximate surface area is 105 Å². The van der Waals surface area contributed by atoms with Crippen molar-refractivity contribution in [1.29, 1.82) is 0 Å². The van der Waals surface area contributed by atoms with Crippen molar-refractivity contribution >= 4 is 17.2 Å². The van der Waals surface area contributed by atoms with E-state index in [0.717, 1.165) is 10.7 Å². The molecule has 0 aliphatic carbocycles. The number of carbonyl (C=O) groups excluding carboxylic acids is 1. The first-order chi connectivity index (χ1) is 8.20. The van der Waals surface area contributed by atoms with Crippen LogP contribution in [0.5, 0.6) is 0 Å². The number of aryl methyl sites for hydroxylation is 1. The van der Waals surface area contributed by atoms with E-state index in [0.29, 0.717) is 19.8 Å². The van der Waals surface area contributed by atoms with Crippen molar-refractivity contribution in [3.8, 4) is 0 Å². The van der Waals surface area contributed by atoms with Gasteiger partial charge in [-0.2, -0.15) is 0 Å². The van der Waals surface area contributed by atoms with Gasteiger partial charge in [0, 0.05) is 17.1 Å². The molecular weight excluding hydrogens is 238 g/mol. The van der Waals surface area contributed by atoms with Gasteiger partial charge in [-0.25, -0.2) is 4.98 Å². The van der Waals surface area contributed by atoms with Gasteiger partial charge in [-0.3, -0.25) is 4.79 Å². The van der Waals surface area contributed by atoms with Gasteiger partial charge in [-0.15, -0.1) is 11.3 Å². The summed E-state index contributed by atoms with van der Waals surface area (Å²) >= 11 is 1.57. The predicted molar refractivity (Wildman–Crippen MR) is 65.9 cm³/mol. The third-order valence-corrected chi connectivity index (χ3v) is 3.84. The van der Waals surface area contributed by atoms with Crippen LogP contribution < -0.4 is 10.6 Å². The summed E-state index contributed by atoms with van der Waals surface area (Å²) in [6, 6.07) is 0.119. The molecule has 0 radical (unpaired) electrons. The molecule has 0 saturated carbocycles. The number of nitrogens with zero attached hydrogens (tertiary/aromatic N) is 1. The Morgan fingerprint density at radius 1 is 1.65 bits per heavy atom. The Kier molecular flexibility index (Phi) is 4.09. The summed E-state index contributed by atoms with van der Waals surface area (Å²) in [4.78, 5) is 16.2. The Balaban J connectivity index is 1.84. The molecule has 2 N–H and O–H groups in total. The number of hydrogen-bond acceptors (Lipinski definition) is 5. The Morgan fingerprint density at radius 3 is 3.12 bits per heavy atom. The molecule has 2 heterocycles. The van der Waals surface area contributed by atoms with Crippen LogP contribution in [0, 0.1) is 12.8 Å². The number of nitrogens with one attached hydrogen (secondary N) is 2. The van der Waals surface area contributed by atoms with Crippen LogP contribution >= 0.6 is 11.3 Å². The number of ether oxygens (including phenoxy) is 1. The summed E-state index contributed by atoms with van der Waals surface area (Å²) in [5.74, 6) is -0.0595. The van der Waals surface area contributed by atoms with E-state index in [-0.39, 0.29) is 17.9 Å². The number of likely N-dealkylation sites (N-methyl/N-ethyl adjacent to an activating group) is 1. The first-order valence-corrected chi connectivity index (χ1v) is 6.52. The zero-order valence-electron chi connectivity index (χ0n) is 10.0. The number of carbonyl (C=O) groups is 1. The lowest BCUT2D eigenvalue weighted by molar-refractivity contribution is -0.125. The van der Waals surface area contributed by atoms with Crippen molar-refractivity contribution in [2.75, 3.05) is 20.3 Å². The van der Waals surface area contributed by atoms with Gasteiger partial charge in [-0.05, 0) is 14.0 Å². The van der Waals surface area contributed by atoms with E-state index in [1.54, 1.807) is 11.3 Å². The molecule has 17 heavy (non-hydrogen) atoms. The van der Waals surface area contributed by atoms with Crippen molar-refractivity contribution in [1.82, 2.24) is 15.6 Å². The molecule has 2 atom stereocenters. The van der Waals surface area contributed by atoms with Crippen molar-refractivity contribution in [3.05, 3.63) is 16.1 Å². The maximum absolute atomic E-state index is 11.9. The predicted octanol–water partition coefficient (Wildman–Crippen LogP) is 0.302. The molecule has 0 aromatic carbocycles. The molecule has 0 spiro atoms. The lowest BCUT2D eigenvalue weighted by Gasteiger charge is -2.15. The Hall–Kier alpha value is -0.980. The lowest BCUT2D eigenvalue weighted by atomic mass is 10.0. The van der Waals surface area contributed by atoms with E-state index in [2.05, 4.69) is 15.6 Å². The molecular formula is C11H17N3O2S. The monoisotopic (exact) mass is 255 g/mol. The number of rotatable bonds is 4. The average molecular weight is 255 g/mol. The minimum atomic E-state index is -0.0962. The summed E-state index contributed by atoms with van der Waals surface area (Å²) in [6.07, 6.45) is 0. The van der Waals surface area contributed by atoms with E-state index in [1.807, 2.05) is 19.4 Å². The van der Waals surface area contributed by atoms with Gasteiger partial charge in [0.2, 0.25) is 5.91 Å². The molecule has 6 heteroatoms. The largest absolute Gasteiger partial charge is 0.379 e. The first-order valence-electron chi connectivity index (χ1n) is 5.64. The number of hydrogen-bond donors (Lipinski definition) is 2. The molecule has 2 rings (SSSR count). The molecule has 5 nitrogen and oxygen atoms in total. The summed E-state index contributed by atoms with van der Waals surface area (Å²) in [6.45, 7) is 3.55. The maximum atomic E-state index is 11.9. The minimum Gasteiger partial charge on any atom is -0.379 e. The van der Waals surface area contributed by atoms with E-state index < -0.39 is 0 Å². The highest BCUT2D eigenvalue weighted by atomic mass is 32.1. The van der Waals surface area contributed by atoms with Gasteiger partial charge < -0.3 is 15.4 Å². The quantitative estimate of drug-likeness (QED) is 0.812. The van der Waals surface area contributed by atoms with Crippen LogP contribution in [-0.2, 0) is 16.1 Å². The van der Waals surface area contributed by atoms with Crippen LogP contribution in [0.1, 0.15) is 10.7 Å². The van der Waals surface area contributed by atoms with Crippen molar-refractivity contribution in [2.45, 2.75) is 19.5 Å². The zero-order chi connectivity index (χ0) is 12.3. The van der Waals surface area contributed by atoms with Crippen LogP contribution in [0.15, 0.2) is 5.38 Å². The van der Waals surface area contributed by atoms with E-state index in [9.17, 15) is 4.79 Å². The van der Waals surface area contributed by atoms with Crippen molar-refractivity contribution < 1.29 is 9.53 Å². The van der Waals surface area contributed by atoms with Crippen LogP contribution in [-0.4, -0.2) is 37.2 Å². The summed E-state index contributed by atoms with van der Waals surface area (Å²) in [7, 11) is 1.85. The normalized spacial score (nSPS) is 23.9. The highest BCUT2D eigenvalue weighted by Gasteiger charge is 2.32. The smallest absolute Gasteiger partial charge is 0.227 e. The summed E-state index contributed by atoms with van der Waals surface area (Å²) in [5, 5.41) is 8.93. The maximum Gasteiger partial charge on any atom is 0.227 e. The first kappa shape index (κ1) is 12.5. The van der Waals surface area contributed by atoms with E-state index >= 15 is 0 Å².